The Labute approximate surface area is 96.7 Å². The molecule has 0 aliphatic rings. The first kappa shape index (κ1) is 14.2. The van der Waals surface area contributed by atoms with Gasteiger partial charge in [-0.1, -0.05) is 32.6 Å². The zero-order chi connectivity index (χ0) is 12.7. The van der Waals surface area contributed by atoms with Gasteiger partial charge in [0, 0.05) is 12.7 Å². The van der Waals surface area contributed by atoms with Crippen LogP contribution in [0.3, 0.4) is 0 Å². The molecule has 0 spiro atoms. The summed E-state index contributed by atoms with van der Waals surface area (Å²) in [5.41, 5.74) is 2.14. The second-order valence-corrected chi connectivity index (χ2v) is 3.06. The predicted octanol–water partition coefficient (Wildman–Crippen LogP) is 3.26. The SMILES string of the molecule is C=C/C=C\c1c(C)cc(C(=O)O)n1C.CC. The molecule has 0 bridgehead atoms. The first-order valence-electron chi connectivity index (χ1n) is 5.26. The van der Waals surface area contributed by atoms with Gasteiger partial charge < -0.3 is 9.67 Å². The van der Waals surface area contributed by atoms with Crippen molar-refractivity contribution in [1.29, 1.82) is 0 Å². The van der Waals surface area contributed by atoms with Crippen molar-refractivity contribution in [2.24, 2.45) is 7.05 Å². The Bertz CT molecular complexity index is 400. The Kier molecular flexibility index (Phi) is 5.93. The monoisotopic (exact) mass is 221 g/mol. The second kappa shape index (κ2) is 6.67. The fourth-order valence-electron chi connectivity index (χ4n) is 1.38. The van der Waals surface area contributed by atoms with Gasteiger partial charge in [0.25, 0.3) is 0 Å². The van der Waals surface area contributed by atoms with Crippen molar-refractivity contribution >= 4 is 12.0 Å². The number of carbonyl (C=O) groups is 1. The number of carboxylic acid groups (broad SMARTS) is 1. The number of aromatic carboxylic acids is 1. The van der Waals surface area contributed by atoms with E-state index in [1.165, 1.54) is 0 Å². The molecule has 1 rings (SSSR count). The highest BCUT2D eigenvalue weighted by atomic mass is 16.4. The van der Waals surface area contributed by atoms with Gasteiger partial charge in [-0.3, -0.25) is 0 Å². The molecule has 0 saturated carbocycles. The van der Waals surface area contributed by atoms with Crippen LogP contribution in [0.4, 0.5) is 0 Å². The highest BCUT2D eigenvalue weighted by Crippen LogP contribution is 2.15. The van der Waals surface area contributed by atoms with E-state index in [-0.39, 0.29) is 0 Å². The molecule has 0 radical (unpaired) electrons. The molecule has 0 amide bonds. The molecule has 1 aromatic heterocycles. The summed E-state index contributed by atoms with van der Waals surface area (Å²) in [6, 6.07) is 1.66. The molecule has 0 unspecified atom stereocenters. The van der Waals surface area contributed by atoms with Crippen molar-refractivity contribution in [2.75, 3.05) is 0 Å². The maximum absolute atomic E-state index is 10.8. The molecule has 3 nitrogen and oxygen atoms in total. The number of hydrogen-bond acceptors (Lipinski definition) is 1. The van der Waals surface area contributed by atoms with E-state index in [0.717, 1.165) is 11.3 Å². The van der Waals surface area contributed by atoms with Crippen molar-refractivity contribution in [1.82, 2.24) is 4.57 Å². The topological polar surface area (TPSA) is 42.2 Å². The van der Waals surface area contributed by atoms with E-state index in [4.69, 9.17) is 5.11 Å². The van der Waals surface area contributed by atoms with Crippen molar-refractivity contribution in [3.63, 3.8) is 0 Å². The van der Waals surface area contributed by atoms with Crippen molar-refractivity contribution < 1.29 is 9.90 Å². The summed E-state index contributed by atoms with van der Waals surface area (Å²) >= 11 is 0. The quantitative estimate of drug-likeness (QED) is 0.796. The molecule has 1 heterocycles. The lowest BCUT2D eigenvalue weighted by molar-refractivity contribution is 0.0686. The minimum absolute atomic E-state index is 0.297. The Hall–Kier alpha value is -1.77. The van der Waals surface area contributed by atoms with Crippen molar-refractivity contribution in [3.8, 4) is 0 Å². The van der Waals surface area contributed by atoms with Crippen LogP contribution in [-0.4, -0.2) is 15.6 Å². The lowest BCUT2D eigenvalue weighted by atomic mass is 10.2. The minimum atomic E-state index is -0.908. The average Bonchev–Trinajstić information content (AvgIpc) is 2.55. The lowest BCUT2D eigenvalue weighted by Gasteiger charge is -2.00. The molecule has 0 aliphatic carbocycles. The van der Waals surface area contributed by atoms with Gasteiger partial charge in [0.15, 0.2) is 0 Å². The first-order valence-corrected chi connectivity index (χ1v) is 5.26. The van der Waals surface area contributed by atoms with E-state index < -0.39 is 5.97 Å². The number of hydrogen-bond donors (Lipinski definition) is 1. The highest BCUT2D eigenvalue weighted by Gasteiger charge is 2.12. The molecular weight excluding hydrogens is 202 g/mol. The zero-order valence-corrected chi connectivity index (χ0v) is 10.3. The number of rotatable bonds is 3. The van der Waals surface area contributed by atoms with E-state index in [2.05, 4.69) is 6.58 Å². The summed E-state index contributed by atoms with van der Waals surface area (Å²) in [6.45, 7) is 9.45. The molecule has 1 aromatic rings. The average molecular weight is 221 g/mol. The summed E-state index contributed by atoms with van der Waals surface area (Å²) in [5, 5.41) is 8.86. The lowest BCUT2D eigenvalue weighted by Crippen LogP contribution is -2.04. The summed E-state index contributed by atoms with van der Waals surface area (Å²) in [4.78, 5) is 10.8. The van der Waals surface area contributed by atoms with E-state index in [9.17, 15) is 4.79 Å². The predicted molar refractivity (Wildman–Crippen MR) is 67.7 cm³/mol. The third-order valence-electron chi connectivity index (χ3n) is 2.09. The van der Waals surface area contributed by atoms with Gasteiger partial charge in [-0.15, -0.1) is 0 Å². The van der Waals surface area contributed by atoms with E-state index in [1.54, 1.807) is 29.8 Å². The molecule has 0 aliphatic heterocycles. The van der Waals surface area contributed by atoms with Crippen LogP contribution < -0.4 is 0 Å². The molecular formula is C13H19NO2. The third kappa shape index (κ3) is 3.12. The van der Waals surface area contributed by atoms with Gasteiger partial charge >= 0.3 is 5.97 Å². The Morgan fingerprint density at radius 3 is 2.44 bits per heavy atom. The third-order valence-corrected chi connectivity index (χ3v) is 2.09. The van der Waals surface area contributed by atoms with Gasteiger partial charge in [0.05, 0.1) is 0 Å². The van der Waals surface area contributed by atoms with Gasteiger partial charge in [-0.2, -0.15) is 0 Å². The molecule has 0 aromatic carbocycles. The molecule has 0 fully saturated rings. The van der Waals surface area contributed by atoms with Crippen LogP contribution in [0, 0.1) is 6.92 Å². The van der Waals surface area contributed by atoms with Gasteiger partial charge in [-0.25, -0.2) is 4.79 Å². The first-order chi connectivity index (χ1) is 7.57. The second-order valence-electron chi connectivity index (χ2n) is 3.06. The smallest absolute Gasteiger partial charge is 0.352 e. The maximum Gasteiger partial charge on any atom is 0.352 e. The van der Waals surface area contributed by atoms with Crippen LogP contribution in [0.25, 0.3) is 6.08 Å². The summed E-state index contributed by atoms with van der Waals surface area (Å²) in [5.74, 6) is -0.908. The van der Waals surface area contributed by atoms with E-state index in [0.29, 0.717) is 5.69 Å². The van der Waals surface area contributed by atoms with E-state index in [1.807, 2.05) is 26.8 Å². The van der Waals surface area contributed by atoms with Gasteiger partial charge in [0.2, 0.25) is 0 Å². The Morgan fingerprint density at radius 2 is 2.06 bits per heavy atom. The van der Waals surface area contributed by atoms with Crippen LogP contribution in [0.2, 0.25) is 0 Å². The number of allylic oxidation sites excluding steroid dienone is 2. The molecule has 88 valence electrons. The Balaban J connectivity index is 0.00000106. The van der Waals surface area contributed by atoms with Crippen LogP contribution in [0.5, 0.6) is 0 Å². The maximum atomic E-state index is 10.8. The normalized spacial score (nSPS) is 9.75. The summed E-state index contributed by atoms with van der Waals surface area (Å²) in [7, 11) is 1.74. The highest BCUT2D eigenvalue weighted by molar-refractivity contribution is 5.87. The van der Waals surface area contributed by atoms with Gasteiger partial charge in [-0.05, 0) is 24.6 Å². The number of carboxylic acids is 1. The molecule has 16 heavy (non-hydrogen) atoms. The largest absolute Gasteiger partial charge is 0.477 e. The molecule has 3 heteroatoms. The van der Waals surface area contributed by atoms with Gasteiger partial charge in [0.1, 0.15) is 5.69 Å². The number of aromatic nitrogens is 1. The summed E-state index contributed by atoms with van der Waals surface area (Å²) in [6.07, 6.45) is 5.29. The van der Waals surface area contributed by atoms with E-state index >= 15 is 0 Å². The Morgan fingerprint density at radius 1 is 1.50 bits per heavy atom. The number of aryl methyl sites for hydroxylation is 1. The summed E-state index contributed by atoms with van der Waals surface area (Å²) < 4.78 is 1.65. The van der Waals surface area contributed by atoms with Crippen LogP contribution in [0.15, 0.2) is 24.8 Å². The van der Waals surface area contributed by atoms with Crippen LogP contribution in [0.1, 0.15) is 35.6 Å². The fraction of sp³-hybridized carbons (Fsp3) is 0.308. The molecule has 0 atom stereocenters. The zero-order valence-electron chi connectivity index (χ0n) is 10.3. The minimum Gasteiger partial charge on any atom is -0.477 e. The van der Waals surface area contributed by atoms with Crippen LogP contribution in [-0.2, 0) is 7.05 Å². The molecule has 0 saturated heterocycles. The molecule has 1 N–H and O–H groups in total. The van der Waals surface area contributed by atoms with Crippen molar-refractivity contribution in [3.05, 3.63) is 41.7 Å². The van der Waals surface area contributed by atoms with Crippen molar-refractivity contribution in [2.45, 2.75) is 20.8 Å². The van der Waals surface area contributed by atoms with Crippen LogP contribution >= 0.6 is 0 Å². The fourth-order valence-corrected chi connectivity index (χ4v) is 1.38. The standard InChI is InChI=1S/C11H13NO2.C2H6/c1-4-5-6-9-8(2)7-10(11(13)14)12(9)3;1-2/h4-7H,1H2,2-3H3,(H,13,14);1-2H3/b6-5-;. The number of nitrogens with zero attached hydrogens (tertiary/aromatic N) is 1.